The van der Waals surface area contributed by atoms with E-state index in [1.165, 1.54) is 23.1 Å². The van der Waals surface area contributed by atoms with E-state index in [1.807, 2.05) is 18.2 Å². The minimum absolute atomic E-state index is 0.168. The third-order valence-corrected chi connectivity index (χ3v) is 8.80. The van der Waals surface area contributed by atoms with E-state index >= 15 is 0 Å². The van der Waals surface area contributed by atoms with Gasteiger partial charge >= 0.3 is 0 Å². The van der Waals surface area contributed by atoms with E-state index in [9.17, 15) is 13.2 Å². The van der Waals surface area contributed by atoms with Crippen molar-refractivity contribution in [3.63, 3.8) is 0 Å². The van der Waals surface area contributed by atoms with Crippen LogP contribution in [-0.4, -0.2) is 32.2 Å². The van der Waals surface area contributed by atoms with Gasteiger partial charge in [0.25, 0.3) is 10.0 Å². The van der Waals surface area contributed by atoms with E-state index in [-0.39, 0.29) is 15.9 Å². The maximum atomic E-state index is 12.3. The van der Waals surface area contributed by atoms with Crippen LogP contribution in [0.4, 0.5) is 10.8 Å². The molecule has 0 bridgehead atoms. The number of thiophene rings is 1. The van der Waals surface area contributed by atoms with Crippen LogP contribution < -0.4 is 14.8 Å². The molecule has 0 saturated carbocycles. The van der Waals surface area contributed by atoms with Gasteiger partial charge in [-0.1, -0.05) is 17.4 Å². The summed E-state index contributed by atoms with van der Waals surface area (Å²) in [6, 6.07) is 15.7. The molecule has 2 aromatic heterocycles. The van der Waals surface area contributed by atoms with E-state index in [0.29, 0.717) is 10.8 Å². The van der Waals surface area contributed by atoms with Gasteiger partial charge in [-0.2, -0.15) is 0 Å². The van der Waals surface area contributed by atoms with E-state index in [4.69, 9.17) is 4.74 Å². The molecule has 0 spiro atoms. The number of thiazole rings is 1. The summed E-state index contributed by atoms with van der Waals surface area (Å²) in [4.78, 5) is 17.5. The van der Waals surface area contributed by atoms with Gasteiger partial charge in [-0.15, -0.1) is 23.1 Å². The van der Waals surface area contributed by atoms with Crippen molar-refractivity contribution < 1.29 is 17.9 Å². The standard InChI is InChI=1S/C20H17N3O4S4/c1-27-14-6-9-16-17(11-14)30-20(21-16)22-18(24)12-29-15-7-4-13(5-8-15)23-31(25,26)19-3-2-10-28-19/h2-11,23H,12H2,1H3,(H,21,22,24). The van der Waals surface area contributed by atoms with Crippen LogP contribution in [0.15, 0.2) is 69.1 Å². The number of sulfonamides is 1. The number of amides is 1. The molecule has 2 N–H and O–H groups in total. The van der Waals surface area contributed by atoms with Gasteiger partial charge in [-0.25, -0.2) is 13.4 Å². The molecule has 2 aromatic carbocycles. The van der Waals surface area contributed by atoms with Crippen LogP contribution in [0, 0.1) is 0 Å². The first kappa shape index (κ1) is 21.6. The minimum Gasteiger partial charge on any atom is -0.497 e. The number of anilines is 2. The number of rotatable bonds is 8. The fraction of sp³-hybridized carbons (Fsp3) is 0.100. The summed E-state index contributed by atoms with van der Waals surface area (Å²) < 4.78 is 33.5. The molecule has 2 heterocycles. The van der Waals surface area contributed by atoms with Crippen LogP contribution in [0.2, 0.25) is 0 Å². The third kappa shape index (κ3) is 5.37. The number of fused-ring (bicyclic) bond motifs is 1. The Morgan fingerprint density at radius 2 is 1.97 bits per heavy atom. The number of carbonyl (C=O) groups excluding carboxylic acids is 1. The van der Waals surface area contributed by atoms with E-state index < -0.39 is 10.0 Å². The van der Waals surface area contributed by atoms with E-state index in [1.54, 1.807) is 48.9 Å². The van der Waals surface area contributed by atoms with E-state index in [0.717, 1.165) is 32.2 Å². The lowest BCUT2D eigenvalue weighted by molar-refractivity contribution is -0.113. The monoisotopic (exact) mass is 491 g/mol. The summed E-state index contributed by atoms with van der Waals surface area (Å²) in [5.74, 6) is 0.781. The molecule has 11 heteroatoms. The van der Waals surface area contributed by atoms with Crippen molar-refractivity contribution in [1.29, 1.82) is 0 Å². The Kier molecular flexibility index (Phi) is 6.46. The normalized spacial score (nSPS) is 11.4. The summed E-state index contributed by atoms with van der Waals surface area (Å²) in [7, 11) is -1.97. The second-order valence-electron chi connectivity index (χ2n) is 6.25. The lowest BCUT2D eigenvalue weighted by atomic mass is 10.3. The molecule has 0 aliphatic rings. The highest BCUT2D eigenvalue weighted by Crippen LogP contribution is 2.29. The van der Waals surface area contributed by atoms with Gasteiger partial charge in [0.1, 0.15) is 9.96 Å². The highest BCUT2D eigenvalue weighted by atomic mass is 32.2. The number of nitrogens with zero attached hydrogens (tertiary/aromatic N) is 1. The number of benzene rings is 2. The number of thioether (sulfide) groups is 1. The molecule has 0 aliphatic carbocycles. The number of hydrogen-bond donors (Lipinski definition) is 2. The SMILES string of the molecule is COc1ccc2nc(NC(=O)CSc3ccc(NS(=O)(=O)c4cccs4)cc3)sc2c1. The van der Waals surface area contributed by atoms with Gasteiger partial charge in [-0.05, 0) is 53.9 Å². The van der Waals surface area contributed by atoms with Crippen LogP contribution in [0.5, 0.6) is 5.75 Å². The molecule has 0 atom stereocenters. The Labute approximate surface area is 191 Å². The highest BCUT2D eigenvalue weighted by molar-refractivity contribution is 8.00. The largest absolute Gasteiger partial charge is 0.497 e. The number of nitrogens with one attached hydrogen (secondary N) is 2. The molecule has 160 valence electrons. The van der Waals surface area contributed by atoms with Crippen molar-refractivity contribution in [3.05, 3.63) is 60.0 Å². The number of ether oxygens (including phenoxy) is 1. The van der Waals surface area contributed by atoms with E-state index in [2.05, 4.69) is 15.0 Å². The zero-order valence-electron chi connectivity index (χ0n) is 16.2. The number of aromatic nitrogens is 1. The average molecular weight is 492 g/mol. The summed E-state index contributed by atoms with van der Waals surface area (Å²) in [6.07, 6.45) is 0. The van der Waals surface area contributed by atoms with Crippen molar-refractivity contribution in [2.45, 2.75) is 9.10 Å². The molecule has 0 fully saturated rings. The molecule has 0 aliphatic heterocycles. The molecule has 4 rings (SSSR count). The smallest absolute Gasteiger partial charge is 0.271 e. The molecular formula is C20H17N3O4S4. The molecule has 0 unspecified atom stereocenters. The molecule has 0 radical (unpaired) electrons. The Bertz CT molecular complexity index is 1300. The van der Waals surface area contributed by atoms with Crippen LogP contribution >= 0.6 is 34.4 Å². The average Bonchev–Trinajstić information content (AvgIpc) is 3.42. The number of hydrogen-bond acceptors (Lipinski definition) is 8. The van der Waals surface area contributed by atoms with Crippen LogP contribution in [0.25, 0.3) is 10.2 Å². The predicted octanol–water partition coefficient (Wildman–Crippen LogP) is 4.90. The maximum absolute atomic E-state index is 12.3. The van der Waals surface area contributed by atoms with Gasteiger partial charge in [0.2, 0.25) is 5.91 Å². The molecule has 1 amide bonds. The van der Waals surface area contributed by atoms with Gasteiger partial charge < -0.3 is 10.1 Å². The third-order valence-electron chi connectivity index (χ3n) is 4.08. The van der Waals surface area contributed by atoms with Crippen molar-refractivity contribution in [2.24, 2.45) is 0 Å². The van der Waals surface area contributed by atoms with Gasteiger partial charge in [0, 0.05) is 10.6 Å². The van der Waals surface area contributed by atoms with Crippen LogP contribution in [0.1, 0.15) is 0 Å². The maximum Gasteiger partial charge on any atom is 0.271 e. The summed E-state index contributed by atoms with van der Waals surface area (Å²) >= 11 is 3.90. The molecule has 4 aromatic rings. The quantitative estimate of drug-likeness (QED) is 0.340. The van der Waals surface area contributed by atoms with Gasteiger partial charge in [-0.3, -0.25) is 9.52 Å². The van der Waals surface area contributed by atoms with Crippen molar-refractivity contribution in [3.8, 4) is 5.75 Å². The number of carbonyl (C=O) groups is 1. The molecule has 31 heavy (non-hydrogen) atoms. The lowest BCUT2D eigenvalue weighted by Crippen LogP contribution is -2.13. The van der Waals surface area contributed by atoms with Crippen LogP contribution in [0.3, 0.4) is 0 Å². The zero-order chi connectivity index (χ0) is 21.8. The molecule has 7 nitrogen and oxygen atoms in total. The van der Waals surface area contributed by atoms with Crippen molar-refractivity contribution >= 4 is 71.4 Å². The first-order valence-electron chi connectivity index (χ1n) is 8.96. The van der Waals surface area contributed by atoms with Crippen molar-refractivity contribution in [2.75, 3.05) is 22.9 Å². The first-order valence-corrected chi connectivity index (χ1v) is 13.1. The Balaban J connectivity index is 1.32. The second-order valence-corrected chi connectivity index (χ2v) is 11.2. The predicted molar refractivity (Wildman–Crippen MR) is 127 cm³/mol. The van der Waals surface area contributed by atoms with Gasteiger partial charge in [0.05, 0.1) is 23.1 Å². The Hall–Kier alpha value is -2.60. The van der Waals surface area contributed by atoms with Gasteiger partial charge in [0.15, 0.2) is 5.13 Å². The summed E-state index contributed by atoms with van der Waals surface area (Å²) in [5, 5.41) is 5.06. The number of methoxy groups -OCH3 is 1. The molecular weight excluding hydrogens is 475 g/mol. The van der Waals surface area contributed by atoms with Crippen LogP contribution in [-0.2, 0) is 14.8 Å². The topological polar surface area (TPSA) is 97.4 Å². The lowest BCUT2D eigenvalue weighted by Gasteiger charge is -2.07. The van der Waals surface area contributed by atoms with Crippen molar-refractivity contribution in [1.82, 2.24) is 4.98 Å². The Morgan fingerprint density at radius 3 is 2.68 bits per heavy atom. The highest BCUT2D eigenvalue weighted by Gasteiger charge is 2.15. The fourth-order valence-electron chi connectivity index (χ4n) is 2.63. The first-order chi connectivity index (χ1) is 14.9. The Morgan fingerprint density at radius 1 is 1.16 bits per heavy atom. The minimum atomic E-state index is -3.57. The fourth-order valence-corrected chi connectivity index (χ4v) is 6.29. The second kappa shape index (κ2) is 9.27. The zero-order valence-corrected chi connectivity index (χ0v) is 19.5. The summed E-state index contributed by atoms with van der Waals surface area (Å²) in [5.41, 5.74) is 1.27. The summed E-state index contributed by atoms with van der Waals surface area (Å²) in [6.45, 7) is 0. The molecule has 0 saturated heterocycles.